The molecule has 6 nitrogen and oxygen atoms in total. The summed E-state index contributed by atoms with van der Waals surface area (Å²) >= 11 is 0. The molecule has 7 heteroatoms. The largest absolute Gasteiger partial charge is 0.323 e. The number of rotatable bonds is 6. The van der Waals surface area contributed by atoms with Crippen LogP contribution in [-0.4, -0.2) is 19.4 Å². The minimum atomic E-state index is -3.61. The molecule has 1 aromatic rings. The SMILES string of the molecule is CCC(NS(=O)(=O)c1cnccc1NN)C(C)C. The predicted molar refractivity (Wildman–Crippen MR) is 71.3 cm³/mol. The maximum Gasteiger partial charge on any atom is 0.244 e. The predicted octanol–water partition coefficient (Wildman–Crippen LogP) is 1.08. The van der Waals surface area contributed by atoms with Crippen LogP contribution in [0.3, 0.4) is 0 Å². The number of aromatic nitrogens is 1. The van der Waals surface area contributed by atoms with E-state index in [9.17, 15) is 8.42 Å². The van der Waals surface area contributed by atoms with Gasteiger partial charge in [-0.25, -0.2) is 13.1 Å². The van der Waals surface area contributed by atoms with Gasteiger partial charge in [0.05, 0.1) is 5.69 Å². The zero-order valence-electron chi connectivity index (χ0n) is 10.8. The summed E-state index contributed by atoms with van der Waals surface area (Å²) in [5.41, 5.74) is 2.69. The van der Waals surface area contributed by atoms with Crippen molar-refractivity contribution in [3.8, 4) is 0 Å². The van der Waals surface area contributed by atoms with Crippen molar-refractivity contribution in [2.45, 2.75) is 38.1 Å². The van der Waals surface area contributed by atoms with E-state index in [0.29, 0.717) is 5.69 Å². The third-order valence-corrected chi connectivity index (χ3v) is 4.30. The summed E-state index contributed by atoms with van der Waals surface area (Å²) in [6.45, 7) is 5.89. The van der Waals surface area contributed by atoms with Crippen LogP contribution >= 0.6 is 0 Å². The Morgan fingerprint density at radius 3 is 2.61 bits per heavy atom. The lowest BCUT2D eigenvalue weighted by Crippen LogP contribution is -2.38. The molecular formula is C11H20N4O2S. The number of hydrogen-bond donors (Lipinski definition) is 3. The fourth-order valence-electron chi connectivity index (χ4n) is 1.67. The van der Waals surface area contributed by atoms with Crippen LogP contribution in [0.1, 0.15) is 27.2 Å². The molecule has 1 heterocycles. The number of pyridine rings is 1. The normalized spacial score (nSPS) is 13.6. The zero-order chi connectivity index (χ0) is 13.8. The molecule has 1 unspecified atom stereocenters. The first-order valence-electron chi connectivity index (χ1n) is 5.85. The lowest BCUT2D eigenvalue weighted by molar-refractivity contribution is 0.437. The highest BCUT2D eigenvalue weighted by Gasteiger charge is 2.23. The number of anilines is 1. The molecule has 0 aliphatic rings. The molecule has 1 aromatic heterocycles. The van der Waals surface area contributed by atoms with Gasteiger partial charge in [-0.1, -0.05) is 20.8 Å². The molecule has 0 spiro atoms. The van der Waals surface area contributed by atoms with Crippen molar-refractivity contribution >= 4 is 15.7 Å². The fourth-order valence-corrected chi connectivity index (χ4v) is 3.25. The van der Waals surface area contributed by atoms with E-state index in [1.165, 1.54) is 18.5 Å². The highest BCUT2D eigenvalue weighted by molar-refractivity contribution is 7.89. The van der Waals surface area contributed by atoms with Crippen molar-refractivity contribution in [3.63, 3.8) is 0 Å². The van der Waals surface area contributed by atoms with Crippen molar-refractivity contribution in [1.82, 2.24) is 9.71 Å². The van der Waals surface area contributed by atoms with E-state index >= 15 is 0 Å². The van der Waals surface area contributed by atoms with Gasteiger partial charge in [-0.3, -0.25) is 10.8 Å². The Morgan fingerprint density at radius 1 is 1.44 bits per heavy atom. The van der Waals surface area contributed by atoms with Gasteiger partial charge in [0, 0.05) is 18.4 Å². The summed E-state index contributed by atoms with van der Waals surface area (Å²) in [6.07, 6.45) is 3.49. The van der Waals surface area contributed by atoms with E-state index in [1.807, 2.05) is 20.8 Å². The summed E-state index contributed by atoms with van der Waals surface area (Å²) in [4.78, 5) is 3.88. The standard InChI is InChI=1S/C11H20N4O2S/c1-4-9(8(2)3)15-18(16,17)11-7-13-6-5-10(11)14-12/h5-9,15H,4,12H2,1-3H3,(H,13,14). The van der Waals surface area contributed by atoms with Crippen molar-refractivity contribution in [2.75, 3.05) is 5.43 Å². The molecule has 0 aromatic carbocycles. The summed E-state index contributed by atoms with van der Waals surface area (Å²) in [6, 6.07) is 1.41. The minimum Gasteiger partial charge on any atom is -0.323 e. The molecule has 4 N–H and O–H groups in total. The van der Waals surface area contributed by atoms with E-state index in [1.54, 1.807) is 0 Å². The summed E-state index contributed by atoms with van der Waals surface area (Å²) in [5, 5.41) is 0. The van der Waals surface area contributed by atoms with Crippen LogP contribution in [0.25, 0.3) is 0 Å². The lowest BCUT2D eigenvalue weighted by atomic mass is 10.0. The van der Waals surface area contributed by atoms with Crippen LogP contribution in [0.5, 0.6) is 0 Å². The Labute approximate surface area is 108 Å². The van der Waals surface area contributed by atoms with Crippen molar-refractivity contribution in [2.24, 2.45) is 11.8 Å². The van der Waals surface area contributed by atoms with Crippen LogP contribution in [0.4, 0.5) is 5.69 Å². The molecule has 18 heavy (non-hydrogen) atoms. The average molecular weight is 272 g/mol. The second-order valence-electron chi connectivity index (χ2n) is 4.40. The van der Waals surface area contributed by atoms with Gasteiger partial charge in [0.15, 0.2) is 0 Å². The number of sulfonamides is 1. The highest BCUT2D eigenvalue weighted by atomic mass is 32.2. The summed E-state index contributed by atoms with van der Waals surface area (Å²) in [7, 11) is -3.61. The van der Waals surface area contributed by atoms with Crippen molar-refractivity contribution in [1.29, 1.82) is 0 Å². The van der Waals surface area contributed by atoms with Gasteiger partial charge in [0.25, 0.3) is 0 Å². The summed E-state index contributed by atoms with van der Waals surface area (Å²) < 4.78 is 27.1. The van der Waals surface area contributed by atoms with E-state index in [2.05, 4.69) is 15.1 Å². The van der Waals surface area contributed by atoms with Crippen LogP contribution in [-0.2, 0) is 10.0 Å². The Balaban J connectivity index is 3.06. The number of hydrazine groups is 1. The van der Waals surface area contributed by atoms with Gasteiger partial charge >= 0.3 is 0 Å². The molecule has 0 saturated heterocycles. The molecule has 1 rings (SSSR count). The maximum absolute atomic E-state index is 12.2. The van der Waals surface area contributed by atoms with E-state index in [4.69, 9.17) is 5.84 Å². The van der Waals surface area contributed by atoms with E-state index in [0.717, 1.165) is 6.42 Å². The number of nitrogens with zero attached hydrogens (tertiary/aromatic N) is 1. The van der Waals surface area contributed by atoms with Gasteiger partial charge < -0.3 is 5.43 Å². The third-order valence-electron chi connectivity index (χ3n) is 2.78. The number of nitrogen functional groups attached to an aromatic ring is 1. The number of hydrogen-bond acceptors (Lipinski definition) is 5. The third kappa shape index (κ3) is 3.41. The van der Waals surface area contributed by atoms with Crippen LogP contribution < -0.4 is 16.0 Å². The van der Waals surface area contributed by atoms with Gasteiger partial charge in [-0.05, 0) is 18.4 Å². The Kier molecular flexibility index (Phi) is 5.06. The zero-order valence-corrected chi connectivity index (χ0v) is 11.7. The van der Waals surface area contributed by atoms with Gasteiger partial charge in [0.1, 0.15) is 4.90 Å². The topological polar surface area (TPSA) is 97.1 Å². The molecule has 0 aliphatic heterocycles. The summed E-state index contributed by atoms with van der Waals surface area (Å²) in [5.74, 6) is 5.52. The fraction of sp³-hybridized carbons (Fsp3) is 0.545. The van der Waals surface area contributed by atoms with Crippen LogP contribution in [0, 0.1) is 5.92 Å². The molecule has 0 fully saturated rings. The van der Waals surface area contributed by atoms with Gasteiger partial charge in [-0.2, -0.15) is 0 Å². The second-order valence-corrected chi connectivity index (χ2v) is 6.08. The van der Waals surface area contributed by atoms with Gasteiger partial charge in [-0.15, -0.1) is 0 Å². The Bertz CT molecular complexity index is 488. The van der Waals surface area contributed by atoms with Gasteiger partial charge in [0.2, 0.25) is 10.0 Å². The number of nitrogens with two attached hydrogens (primary N) is 1. The highest BCUT2D eigenvalue weighted by Crippen LogP contribution is 2.19. The first kappa shape index (κ1) is 14.9. The molecule has 102 valence electrons. The number of nitrogens with one attached hydrogen (secondary N) is 2. The molecule has 0 radical (unpaired) electrons. The molecular weight excluding hydrogens is 252 g/mol. The monoisotopic (exact) mass is 272 g/mol. The molecule has 0 amide bonds. The second kappa shape index (κ2) is 6.12. The van der Waals surface area contributed by atoms with Crippen LogP contribution in [0.2, 0.25) is 0 Å². The minimum absolute atomic E-state index is 0.0617. The quantitative estimate of drug-likeness (QED) is 0.532. The first-order chi connectivity index (χ1) is 8.42. The van der Waals surface area contributed by atoms with E-state index < -0.39 is 10.0 Å². The first-order valence-corrected chi connectivity index (χ1v) is 7.33. The van der Waals surface area contributed by atoms with Crippen molar-refractivity contribution < 1.29 is 8.42 Å². The molecule has 0 bridgehead atoms. The molecule has 0 saturated carbocycles. The Morgan fingerprint density at radius 2 is 2.11 bits per heavy atom. The smallest absolute Gasteiger partial charge is 0.244 e. The molecule has 0 aliphatic carbocycles. The lowest BCUT2D eigenvalue weighted by Gasteiger charge is -2.21. The Hall–Kier alpha value is -1.18. The van der Waals surface area contributed by atoms with Crippen molar-refractivity contribution in [3.05, 3.63) is 18.5 Å². The maximum atomic E-state index is 12.2. The average Bonchev–Trinajstić information content (AvgIpc) is 2.35. The van der Waals surface area contributed by atoms with E-state index in [-0.39, 0.29) is 16.9 Å². The molecule has 1 atom stereocenters. The van der Waals surface area contributed by atoms with Crippen LogP contribution in [0.15, 0.2) is 23.4 Å².